The van der Waals surface area contributed by atoms with Crippen LogP contribution in [-0.4, -0.2) is 22.8 Å². The maximum Gasteiger partial charge on any atom is 0.242 e. The van der Waals surface area contributed by atoms with Crippen LogP contribution in [0, 0.1) is 0 Å². The maximum atomic E-state index is 11.7. The zero-order chi connectivity index (χ0) is 16.5. The van der Waals surface area contributed by atoms with Crippen molar-refractivity contribution in [3.8, 4) is 0 Å². The average Bonchev–Trinajstić information content (AvgIpc) is 3.05. The maximum absolute atomic E-state index is 11.7. The molecule has 1 saturated heterocycles. The minimum Gasteiger partial charge on any atom is -0.273 e. The molecule has 1 fully saturated rings. The fourth-order valence-corrected chi connectivity index (χ4v) is 5.41. The summed E-state index contributed by atoms with van der Waals surface area (Å²) in [6, 6.07) is 7.07. The number of benzene rings is 1. The van der Waals surface area contributed by atoms with Crippen LogP contribution in [0.2, 0.25) is 5.02 Å². The highest BCUT2D eigenvalue weighted by atomic mass is 35.5. The van der Waals surface area contributed by atoms with Crippen LogP contribution < -0.4 is 10.9 Å². The molecule has 0 bridgehead atoms. The topological polar surface area (TPSA) is 58.2 Å². The molecule has 0 saturated carbocycles. The number of rotatable bonds is 7. The van der Waals surface area contributed by atoms with Crippen LogP contribution in [0.25, 0.3) is 0 Å². The molecule has 2 rings (SSSR count). The summed E-state index contributed by atoms with van der Waals surface area (Å²) in [7, 11) is 3.91. The first-order chi connectivity index (χ1) is 11.1. The summed E-state index contributed by atoms with van der Waals surface area (Å²) in [5.41, 5.74) is 5.77. The van der Waals surface area contributed by atoms with Crippen LogP contribution in [0.4, 0.5) is 0 Å². The molecule has 0 radical (unpaired) electrons. The van der Waals surface area contributed by atoms with Crippen LogP contribution >= 0.6 is 33.2 Å². The van der Waals surface area contributed by atoms with Crippen LogP contribution in [-0.2, 0) is 16.0 Å². The lowest BCUT2D eigenvalue weighted by Crippen LogP contribution is -2.42. The molecular weight excluding hydrogens is 352 g/mol. The van der Waals surface area contributed by atoms with Crippen molar-refractivity contribution in [2.75, 3.05) is 5.75 Å². The van der Waals surface area contributed by atoms with Gasteiger partial charge >= 0.3 is 0 Å². The van der Waals surface area contributed by atoms with E-state index in [2.05, 4.69) is 10.9 Å². The van der Waals surface area contributed by atoms with E-state index in [9.17, 15) is 9.59 Å². The predicted molar refractivity (Wildman–Crippen MR) is 98.4 cm³/mol. The molecule has 0 aromatic heterocycles. The molecule has 4 nitrogen and oxygen atoms in total. The molecule has 1 unspecified atom stereocenters. The summed E-state index contributed by atoms with van der Waals surface area (Å²) < 4.78 is 0. The van der Waals surface area contributed by atoms with Crippen molar-refractivity contribution in [3.63, 3.8) is 0 Å². The Balaban J connectivity index is 1.54. The van der Waals surface area contributed by atoms with Gasteiger partial charge in [0.2, 0.25) is 11.8 Å². The second-order valence-electron chi connectivity index (χ2n) is 5.47. The fourth-order valence-electron chi connectivity index (χ4n) is 2.26. The standard InChI is InChI=1S/C16H21ClN2O2S2/c17-13-7-5-12(6-8-13)11-16(21)19-18-15(20)4-2-1-3-14-9-10-22-23-14/h5-8,14H,1-4,9-11H2,(H,18,20)(H,19,21). The minimum atomic E-state index is -0.236. The number of hydrogen-bond acceptors (Lipinski definition) is 4. The van der Waals surface area contributed by atoms with Crippen molar-refractivity contribution in [2.45, 2.75) is 43.8 Å². The Morgan fingerprint density at radius 2 is 1.87 bits per heavy atom. The van der Waals surface area contributed by atoms with Gasteiger partial charge in [0.05, 0.1) is 6.42 Å². The molecule has 1 aromatic rings. The highest BCUT2D eigenvalue weighted by molar-refractivity contribution is 8.77. The summed E-state index contributed by atoms with van der Waals surface area (Å²) in [5, 5.41) is 1.39. The monoisotopic (exact) mass is 372 g/mol. The second-order valence-corrected chi connectivity index (χ2v) is 8.70. The number of carbonyl (C=O) groups is 2. The Morgan fingerprint density at radius 3 is 2.57 bits per heavy atom. The van der Waals surface area contributed by atoms with Gasteiger partial charge in [-0.2, -0.15) is 0 Å². The summed E-state index contributed by atoms with van der Waals surface area (Å²) >= 11 is 5.79. The first kappa shape index (κ1) is 18.5. The van der Waals surface area contributed by atoms with E-state index in [1.165, 1.54) is 18.6 Å². The van der Waals surface area contributed by atoms with E-state index >= 15 is 0 Å². The number of hydrogen-bond donors (Lipinski definition) is 2. The van der Waals surface area contributed by atoms with Gasteiger partial charge in [-0.15, -0.1) is 0 Å². The highest BCUT2D eigenvalue weighted by Gasteiger charge is 2.15. The van der Waals surface area contributed by atoms with E-state index in [4.69, 9.17) is 11.6 Å². The molecule has 2 amide bonds. The summed E-state index contributed by atoms with van der Waals surface area (Å²) in [5.74, 6) is 0.873. The molecule has 1 aliphatic heterocycles. The molecule has 7 heteroatoms. The molecule has 1 aromatic carbocycles. The SMILES string of the molecule is O=C(CCCCC1CCSS1)NNC(=O)Cc1ccc(Cl)cc1. The Labute approximate surface area is 149 Å². The molecule has 126 valence electrons. The van der Waals surface area contributed by atoms with Crippen LogP contribution in [0.5, 0.6) is 0 Å². The van der Waals surface area contributed by atoms with Crippen molar-refractivity contribution in [3.05, 3.63) is 34.9 Å². The van der Waals surface area contributed by atoms with Crippen LogP contribution in [0.3, 0.4) is 0 Å². The van der Waals surface area contributed by atoms with Crippen LogP contribution in [0.15, 0.2) is 24.3 Å². The lowest BCUT2D eigenvalue weighted by atomic mass is 10.1. The molecule has 1 heterocycles. The molecule has 1 atom stereocenters. The van der Waals surface area contributed by atoms with Gasteiger partial charge in [0.25, 0.3) is 0 Å². The molecule has 0 aliphatic carbocycles. The fraction of sp³-hybridized carbons (Fsp3) is 0.500. The van der Waals surface area contributed by atoms with E-state index in [0.29, 0.717) is 11.4 Å². The smallest absolute Gasteiger partial charge is 0.242 e. The lowest BCUT2D eigenvalue weighted by Gasteiger charge is -2.09. The highest BCUT2D eigenvalue weighted by Crippen LogP contribution is 2.39. The van der Waals surface area contributed by atoms with Crippen molar-refractivity contribution in [2.24, 2.45) is 0 Å². The zero-order valence-electron chi connectivity index (χ0n) is 12.8. The quantitative estimate of drug-likeness (QED) is 0.435. The van der Waals surface area contributed by atoms with Gasteiger partial charge in [-0.25, -0.2) is 0 Å². The number of amides is 2. The summed E-state index contributed by atoms with van der Waals surface area (Å²) in [6.45, 7) is 0. The van der Waals surface area contributed by atoms with Crippen molar-refractivity contribution >= 4 is 45.0 Å². The number of unbranched alkanes of at least 4 members (excludes halogenated alkanes) is 1. The number of carbonyl (C=O) groups excluding carboxylic acids is 2. The Kier molecular flexibility index (Phi) is 8.12. The van der Waals surface area contributed by atoms with Gasteiger partial charge in [-0.1, -0.05) is 51.7 Å². The molecule has 2 N–H and O–H groups in total. The first-order valence-corrected chi connectivity index (χ1v) is 10.5. The van der Waals surface area contributed by atoms with Crippen molar-refractivity contribution in [1.29, 1.82) is 0 Å². The largest absolute Gasteiger partial charge is 0.273 e. The van der Waals surface area contributed by atoms with Gasteiger partial charge in [0, 0.05) is 22.4 Å². The van der Waals surface area contributed by atoms with E-state index in [-0.39, 0.29) is 18.2 Å². The third-order valence-electron chi connectivity index (χ3n) is 3.53. The van der Waals surface area contributed by atoms with Gasteiger partial charge in [0.1, 0.15) is 0 Å². The predicted octanol–water partition coefficient (Wildman–Crippen LogP) is 3.74. The normalized spacial score (nSPS) is 17.0. The number of hydrazine groups is 1. The zero-order valence-corrected chi connectivity index (χ0v) is 15.2. The average molecular weight is 373 g/mol. The second kappa shape index (κ2) is 10.1. The third kappa shape index (κ3) is 7.50. The molecule has 1 aliphatic rings. The Bertz CT molecular complexity index is 519. The summed E-state index contributed by atoms with van der Waals surface area (Å²) in [6.07, 6.45) is 5.04. The number of halogens is 1. The minimum absolute atomic E-state index is 0.136. The molecular formula is C16H21ClN2O2S2. The molecule has 23 heavy (non-hydrogen) atoms. The van der Waals surface area contributed by atoms with Gasteiger partial charge in [0.15, 0.2) is 0 Å². The van der Waals surface area contributed by atoms with E-state index in [1.54, 1.807) is 24.3 Å². The Morgan fingerprint density at radius 1 is 1.13 bits per heavy atom. The van der Waals surface area contributed by atoms with Crippen molar-refractivity contribution < 1.29 is 9.59 Å². The van der Waals surface area contributed by atoms with E-state index in [0.717, 1.165) is 23.7 Å². The Hall–Kier alpha value is -0.850. The van der Waals surface area contributed by atoms with Crippen LogP contribution in [0.1, 0.15) is 37.7 Å². The van der Waals surface area contributed by atoms with Gasteiger partial charge < -0.3 is 0 Å². The molecule has 0 spiro atoms. The van der Waals surface area contributed by atoms with Crippen molar-refractivity contribution in [1.82, 2.24) is 10.9 Å². The van der Waals surface area contributed by atoms with E-state index in [1.807, 2.05) is 21.6 Å². The van der Waals surface area contributed by atoms with Gasteiger partial charge in [-0.3, -0.25) is 20.4 Å². The first-order valence-electron chi connectivity index (χ1n) is 7.74. The van der Waals surface area contributed by atoms with Gasteiger partial charge in [-0.05, 0) is 37.0 Å². The lowest BCUT2D eigenvalue weighted by molar-refractivity contribution is -0.128. The van der Waals surface area contributed by atoms with E-state index < -0.39 is 0 Å². The number of nitrogens with one attached hydrogen (secondary N) is 2. The third-order valence-corrected chi connectivity index (χ3v) is 6.79. The summed E-state index contributed by atoms with van der Waals surface area (Å²) in [4.78, 5) is 23.4.